The monoisotopic (exact) mass is 281 g/mol. The second-order valence-corrected chi connectivity index (χ2v) is 4.27. The van der Waals surface area contributed by atoms with Gasteiger partial charge in [-0.25, -0.2) is 4.39 Å². The maximum atomic E-state index is 12.7. The van der Waals surface area contributed by atoms with Crippen molar-refractivity contribution in [3.05, 3.63) is 64.1 Å². The highest BCUT2D eigenvalue weighted by Crippen LogP contribution is 2.21. The van der Waals surface area contributed by atoms with Crippen LogP contribution in [0.1, 0.15) is 17.4 Å². The summed E-state index contributed by atoms with van der Waals surface area (Å²) in [7, 11) is 0. The zero-order valence-electron chi connectivity index (χ0n) is 8.27. The Hall–Kier alpha value is -1.26. The quantitative estimate of drug-likeness (QED) is 0.918. The zero-order valence-corrected chi connectivity index (χ0v) is 9.86. The summed E-state index contributed by atoms with van der Waals surface area (Å²) >= 11 is 3.27. The first-order chi connectivity index (χ1) is 7.66. The molecule has 0 saturated carbocycles. The van der Waals surface area contributed by atoms with Crippen LogP contribution in [-0.2, 0) is 0 Å². The van der Waals surface area contributed by atoms with Crippen molar-refractivity contribution in [1.29, 1.82) is 0 Å². The van der Waals surface area contributed by atoms with Crippen molar-refractivity contribution in [3.63, 3.8) is 0 Å². The molecule has 16 heavy (non-hydrogen) atoms. The Morgan fingerprint density at radius 2 is 1.81 bits per heavy atom. The average molecular weight is 282 g/mol. The van der Waals surface area contributed by atoms with E-state index in [0.29, 0.717) is 11.3 Å². The highest BCUT2D eigenvalue weighted by atomic mass is 79.9. The molecule has 0 aliphatic carbocycles. The Bertz CT molecular complexity index is 424. The minimum atomic E-state index is -0.825. The molecule has 0 spiro atoms. The van der Waals surface area contributed by atoms with Gasteiger partial charge in [0.15, 0.2) is 0 Å². The number of hydrogen-bond acceptors (Lipinski definition) is 2. The fourth-order valence-corrected chi connectivity index (χ4v) is 1.60. The number of halogens is 2. The number of aliphatic hydroxyl groups excluding tert-OH is 1. The van der Waals surface area contributed by atoms with E-state index in [1.807, 2.05) is 0 Å². The number of aliphatic hydroxyl groups is 1. The number of nitrogens with zero attached hydrogens (tertiary/aromatic N) is 1. The standard InChI is InChI=1S/C12H9BrFNO/c13-9-3-6-11(15-7-9)12(16)8-1-4-10(14)5-2-8/h1-7,12,16H. The molecule has 2 nitrogen and oxygen atoms in total. The van der Waals surface area contributed by atoms with Gasteiger partial charge in [0, 0.05) is 10.7 Å². The van der Waals surface area contributed by atoms with Crippen LogP contribution in [-0.4, -0.2) is 10.1 Å². The second kappa shape index (κ2) is 4.72. The van der Waals surface area contributed by atoms with Crippen LogP contribution >= 0.6 is 15.9 Å². The first-order valence-electron chi connectivity index (χ1n) is 4.72. The van der Waals surface area contributed by atoms with Crippen LogP contribution in [0, 0.1) is 5.82 Å². The molecule has 0 amide bonds. The van der Waals surface area contributed by atoms with Gasteiger partial charge in [-0.05, 0) is 45.8 Å². The van der Waals surface area contributed by atoms with Gasteiger partial charge in [0.05, 0.1) is 5.69 Å². The van der Waals surface area contributed by atoms with Gasteiger partial charge < -0.3 is 5.11 Å². The van der Waals surface area contributed by atoms with Gasteiger partial charge in [0.2, 0.25) is 0 Å². The van der Waals surface area contributed by atoms with Crippen molar-refractivity contribution in [1.82, 2.24) is 4.98 Å². The lowest BCUT2D eigenvalue weighted by molar-refractivity contribution is 0.215. The predicted octanol–water partition coefficient (Wildman–Crippen LogP) is 3.06. The number of aromatic nitrogens is 1. The molecule has 1 heterocycles. The van der Waals surface area contributed by atoms with E-state index in [1.54, 1.807) is 30.5 Å². The Morgan fingerprint density at radius 1 is 1.12 bits per heavy atom. The van der Waals surface area contributed by atoms with Gasteiger partial charge in [-0.3, -0.25) is 4.98 Å². The van der Waals surface area contributed by atoms with Crippen LogP contribution in [0.2, 0.25) is 0 Å². The topological polar surface area (TPSA) is 33.1 Å². The molecule has 2 aromatic rings. The summed E-state index contributed by atoms with van der Waals surface area (Å²) in [6, 6.07) is 9.25. The summed E-state index contributed by atoms with van der Waals surface area (Å²) in [4.78, 5) is 4.09. The first-order valence-corrected chi connectivity index (χ1v) is 5.51. The summed E-state index contributed by atoms with van der Waals surface area (Å²) in [5, 5.41) is 9.97. The number of benzene rings is 1. The SMILES string of the molecule is OC(c1ccc(F)cc1)c1ccc(Br)cn1. The van der Waals surface area contributed by atoms with Gasteiger partial charge in [-0.2, -0.15) is 0 Å². The number of pyridine rings is 1. The third-order valence-corrected chi connectivity index (χ3v) is 2.69. The summed E-state index contributed by atoms with van der Waals surface area (Å²) in [5.74, 6) is -0.320. The number of hydrogen-bond donors (Lipinski definition) is 1. The largest absolute Gasteiger partial charge is 0.382 e. The molecule has 1 aromatic heterocycles. The molecule has 1 N–H and O–H groups in total. The van der Waals surface area contributed by atoms with E-state index in [2.05, 4.69) is 20.9 Å². The predicted molar refractivity (Wildman–Crippen MR) is 62.4 cm³/mol. The molecule has 0 radical (unpaired) electrons. The third kappa shape index (κ3) is 2.46. The van der Waals surface area contributed by atoms with Gasteiger partial charge in [0.25, 0.3) is 0 Å². The van der Waals surface area contributed by atoms with Gasteiger partial charge >= 0.3 is 0 Å². The van der Waals surface area contributed by atoms with Gasteiger partial charge in [-0.15, -0.1) is 0 Å². The molecule has 82 valence electrons. The van der Waals surface area contributed by atoms with Crippen molar-refractivity contribution >= 4 is 15.9 Å². The van der Waals surface area contributed by atoms with Crippen molar-refractivity contribution in [2.45, 2.75) is 6.10 Å². The summed E-state index contributed by atoms with van der Waals surface area (Å²) in [6.45, 7) is 0. The Balaban J connectivity index is 2.28. The van der Waals surface area contributed by atoms with E-state index in [0.717, 1.165) is 4.47 Å². The summed E-state index contributed by atoms with van der Waals surface area (Å²) in [6.07, 6.45) is 0.788. The van der Waals surface area contributed by atoms with Crippen molar-refractivity contribution in [2.75, 3.05) is 0 Å². The molecule has 2 rings (SSSR count). The Labute approximate surface area is 101 Å². The summed E-state index contributed by atoms with van der Waals surface area (Å²) < 4.78 is 13.6. The third-order valence-electron chi connectivity index (χ3n) is 2.22. The molecule has 0 aliphatic heterocycles. The fraction of sp³-hybridized carbons (Fsp3) is 0.0833. The van der Waals surface area contributed by atoms with Crippen molar-refractivity contribution in [2.24, 2.45) is 0 Å². The number of rotatable bonds is 2. The molecule has 0 saturated heterocycles. The molecule has 0 bridgehead atoms. The Kier molecular flexibility index (Phi) is 3.31. The molecule has 0 aliphatic rings. The molecule has 0 fully saturated rings. The van der Waals surface area contributed by atoms with Crippen molar-refractivity contribution in [3.8, 4) is 0 Å². The zero-order chi connectivity index (χ0) is 11.5. The van der Waals surface area contributed by atoms with Crippen LogP contribution in [0.15, 0.2) is 47.1 Å². The van der Waals surface area contributed by atoms with E-state index in [4.69, 9.17) is 0 Å². The maximum absolute atomic E-state index is 12.7. The van der Waals surface area contributed by atoms with Crippen LogP contribution in [0.5, 0.6) is 0 Å². The average Bonchev–Trinajstić information content (AvgIpc) is 2.30. The van der Waals surface area contributed by atoms with E-state index in [-0.39, 0.29) is 5.82 Å². The van der Waals surface area contributed by atoms with Crippen LogP contribution in [0.25, 0.3) is 0 Å². The molecular formula is C12H9BrFNO. The highest BCUT2D eigenvalue weighted by Gasteiger charge is 2.11. The van der Waals surface area contributed by atoms with Crippen LogP contribution in [0.3, 0.4) is 0 Å². The smallest absolute Gasteiger partial charge is 0.123 e. The first kappa shape index (κ1) is 11.2. The van der Waals surface area contributed by atoms with Crippen molar-refractivity contribution < 1.29 is 9.50 Å². The molecule has 1 atom stereocenters. The Morgan fingerprint density at radius 3 is 2.38 bits per heavy atom. The molecule has 4 heteroatoms. The molecule has 1 aromatic carbocycles. The lowest BCUT2D eigenvalue weighted by atomic mass is 10.1. The van der Waals surface area contributed by atoms with Gasteiger partial charge in [-0.1, -0.05) is 12.1 Å². The maximum Gasteiger partial charge on any atom is 0.123 e. The lowest BCUT2D eigenvalue weighted by Gasteiger charge is -2.10. The fourth-order valence-electron chi connectivity index (χ4n) is 1.36. The lowest BCUT2D eigenvalue weighted by Crippen LogP contribution is -2.01. The van der Waals surface area contributed by atoms with Gasteiger partial charge in [0.1, 0.15) is 11.9 Å². The van der Waals surface area contributed by atoms with Crippen LogP contribution in [0.4, 0.5) is 4.39 Å². The second-order valence-electron chi connectivity index (χ2n) is 3.36. The summed E-state index contributed by atoms with van der Waals surface area (Å²) in [5.41, 5.74) is 1.16. The van der Waals surface area contributed by atoms with E-state index in [1.165, 1.54) is 12.1 Å². The van der Waals surface area contributed by atoms with E-state index in [9.17, 15) is 9.50 Å². The highest BCUT2D eigenvalue weighted by molar-refractivity contribution is 9.10. The minimum absolute atomic E-state index is 0.320. The molecular weight excluding hydrogens is 273 g/mol. The van der Waals surface area contributed by atoms with E-state index < -0.39 is 6.10 Å². The normalized spacial score (nSPS) is 12.4. The van der Waals surface area contributed by atoms with Crippen LogP contribution < -0.4 is 0 Å². The molecule has 1 unspecified atom stereocenters. The minimum Gasteiger partial charge on any atom is -0.382 e. The van der Waals surface area contributed by atoms with E-state index >= 15 is 0 Å².